The van der Waals surface area contributed by atoms with Gasteiger partial charge in [0.2, 0.25) is 0 Å². The Balaban J connectivity index is 2.49. The van der Waals surface area contributed by atoms with Crippen LogP contribution in [0.25, 0.3) is 11.1 Å². The molecule has 0 amide bonds. The number of nitrogens with zero attached hydrogens (tertiary/aromatic N) is 2. The topological polar surface area (TPSA) is 62.2 Å². The number of hydrazone groups is 1. The zero-order valence-corrected chi connectivity index (χ0v) is 9.17. The molecule has 3 heteroatoms. The largest absolute Gasteiger partial charge is 0.323 e. The summed E-state index contributed by atoms with van der Waals surface area (Å²) in [5, 5.41) is 12.3. The van der Waals surface area contributed by atoms with Gasteiger partial charge in [-0.2, -0.15) is 10.4 Å². The van der Waals surface area contributed by atoms with Crippen molar-refractivity contribution in [2.24, 2.45) is 10.9 Å². The van der Waals surface area contributed by atoms with E-state index in [0.717, 1.165) is 16.7 Å². The number of nitrogens with two attached hydrogens (primary N) is 1. The molecule has 0 aromatic heterocycles. The lowest BCUT2D eigenvalue weighted by Gasteiger charge is -2.05. The van der Waals surface area contributed by atoms with E-state index < -0.39 is 0 Å². The van der Waals surface area contributed by atoms with Gasteiger partial charge in [0.15, 0.2) is 0 Å². The fraction of sp³-hybridized carbons (Fsp3) is 0. The molecule has 2 aromatic rings. The molecule has 3 nitrogen and oxygen atoms in total. The van der Waals surface area contributed by atoms with Crippen LogP contribution in [-0.4, -0.2) is 6.21 Å². The van der Waals surface area contributed by atoms with Crippen LogP contribution in [0.1, 0.15) is 11.1 Å². The molecule has 0 atom stereocenters. The van der Waals surface area contributed by atoms with E-state index in [4.69, 9.17) is 11.1 Å². The highest BCUT2D eigenvalue weighted by Crippen LogP contribution is 2.22. The highest BCUT2D eigenvalue weighted by Gasteiger charge is 2.02. The monoisotopic (exact) mass is 221 g/mol. The van der Waals surface area contributed by atoms with E-state index in [1.54, 1.807) is 18.3 Å². The first kappa shape index (κ1) is 10.9. The molecule has 0 aliphatic heterocycles. The average molecular weight is 221 g/mol. The van der Waals surface area contributed by atoms with Crippen molar-refractivity contribution in [1.29, 1.82) is 5.26 Å². The van der Waals surface area contributed by atoms with Gasteiger partial charge in [0.1, 0.15) is 0 Å². The van der Waals surface area contributed by atoms with E-state index in [9.17, 15) is 0 Å². The third-order valence-electron chi connectivity index (χ3n) is 2.50. The maximum Gasteiger partial charge on any atom is 0.0991 e. The van der Waals surface area contributed by atoms with Crippen LogP contribution in [0.5, 0.6) is 0 Å². The van der Waals surface area contributed by atoms with Gasteiger partial charge in [0.05, 0.1) is 17.8 Å². The maximum atomic E-state index is 8.75. The van der Waals surface area contributed by atoms with Crippen LogP contribution in [0.15, 0.2) is 53.6 Å². The SMILES string of the molecule is N#Cc1ccc(-c2ccccc2C=NN)cc1. The van der Waals surface area contributed by atoms with E-state index in [0.29, 0.717) is 5.56 Å². The Morgan fingerprint density at radius 2 is 1.76 bits per heavy atom. The predicted octanol–water partition coefficient (Wildman–Crippen LogP) is 2.52. The van der Waals surface area contributed by atoms with E-state index >= 15 is 0 Å². The Hall–Kier alpha value is -2.60. The van der Waals surface area contributed by atoms with Crippen molar-refractivity contribution in [2.45, 2.75) is 0 Å². The number of hydrogen-bond donors (Lipinski definition) is 1. The minimum Gasteiger partial charge on any atom is -0.323 e. The van der Waals surface area contributed by atoms with Crippen molar-refractivity contribution in [3.8, 4) is 17.2 Å². The second-order valence-corrected chi connectivity index (χ2v) is 3.55. The van der Waals surface area contributed by atoms with Crippen molar-refractivity contribution in [3.05, 3.63) is 59.7 Å². The first-order valence-electron chi connectivity index (χ1n) is 5.18. The Morgan fingerprint density at radius 3 is 2.41 bits per heavy atom. The molecule has 17 heavy (non-hydrogen) atoms. The average Bonchev–Trinajstić information content (AvgIpc) is 2.40. The lowest BCUT2D eigenvalue weighted by molar-refractivity contribution is 1.26. The molecule has 0 saturated heterocycles. The number of benzene rings is 2. The number of nitriles is 1. The van der Waals surface area contributed by atoms with Gasteiger partial charge in [-0.15, -0.1) is 0 Å². The van der Waals surface area contributed by atoms with Gasteiger partial charge in [-0.1, -0.05) is 36.4 Å². The third kappa shape index (κ3) is 2.32. The zero-order chi connectivity index (χ0) is 12.1. The van der Waals surface area contributed by atoms with Crippen molar-refractivity contribution in [3.63, 3.8) is 0 Å². The predicted molar refractivity (Wildman–Crippen MR) is 68.4 cm³/mol. The minimum absolute atomic E-state index is 0.652. The summed E-state index contributed by atoms with van der Waals surface area (Å²) in [7, 11) is 0. The van der Waals surface area contributed by atoms with Crippen molar-refractivity contribution >= 4 is 6.21 Å². The number of hydrogen-bond acceptors (Lipinski definition) is 3. The fourth-order valence-electron chi connectivity index (χ4n) is 1.68. The second kappa shape index (κ2) is 4.95. The smallest absolute Gasteiger partial charge is 0.0991 e. The maximum absolute atomic E-state index is 8.75. The molecule has 2 rings (SSSR count). The van der Waals surface area contributed by atoms with Gasteiger partial charge in [-0.05, 0) is 23.3 Å². The summed E-state index contributed by atoms with van der Waals surface area (Å²) in [6, 6.07) is 17.4. The lowest BCUT2D eigenvalue weighted by Crippen LogP contribution is -1.90. The van der Waals surface area contributed by atoms with Crippen molar-refractivity contribution < 1.29 is 0 Å². The van der Waals surface area contributed by atoms with Crippen LogP contribution in [0.2, 0.25) is 0 Å². The van der Waals surface area contributed by atoms with Crippen LogP contribution in [0.4, 0.5) is 0 Å². The molecule has 2 aromatic carbocycles. The molecule has 0 radical (unpaired) electrons. The molecular formula is C14H11N3. The Bertz CT molecular complexity index is 577. The summed E-state index contributed by atoms with van der Waals surface area (Å²) in [5.41, 5.74) is 3.70. The van der Waals surface area contributed by atoms with Crippen LogP contribution in [0.3, 0.4) is 0 Å². The molecule has 2 N–H and O–H groups in total. The highest BCUT2D eigenvalue weighted by atomic mass is 15.1. The Labute approximate surface area is 99.8 Å². The van der Waals surface area contributed by atoms with Gasteiger partial charge in [-0.25, -0.2) is 0 Å². The van der Waals surface area contributed by atoms with E-state index in [1.165, 1.54) is 0 Å². The van der Waals surface area contributed by atoms with Gasteiger partial charge in [-0.3, -0.25) is 0 Å². The van der Waals surface area contributed by atoms with Gasteiger partial charge in [0.25, 0.3) is 0 Å². The molecule has 0 heterocycles. The molecule has 0 aliphatic carbocycles. The van der Waals surface area contributed by atoms with Crippen LogP contribution >= 0.6 is 0 Å². The van der Waals surface area contributed by atoms with Crippen molar-refractivity contribution in [1.82, 2.24) is 0 Å². The van der Waals surface area contributed by atoms with Crippen LogP contribution < -0.4 is 5.84 Å². The normalized spacial score (nSPS) is 10.3. The van der Waals surface area contributed by atoms with Crippen molar-refractivity contribution in [2.75, 3.05) is 0 Å². The van der Waals surface area contributed by atoms with Gasteiger partial charge >= 0.3 is 0 Å². The molecule has 0 saturated carbocycles. The van der Waals surface area contributed by atoms with E-state index in [1.807, 2.05) is 36.4 Å². The lowest BCUT2D eigenvalue weighted by atomic mass is 9.99. The minimum atomic E-state index is 0.652. The molecule has 82 valence electrons. The summed E-state index contributed by atoms with van der Waals surface area (Å²) in [4.78, 5) is 0. The molecular weight excluding hydrogens is 210 g/mol. The summed E-state index contributed by atoms with van der Waals surface area (Å²) < 4.78 is 0. The van der Waals surface area contributed by atoms with Crippen LogP contribution in [-0.2, 0) is 0 Å². The van der Waals surface area contributed by atoms with Crippen LogP contribution in [0, 0.1) is 11.3 Å². The molecule has 0 unspecified atom stereocenters. The summed E-state index contributed by atoms with van der Waals surface area (Å²) in [6.07, 6.45) is 1.62. The first-order valence-corrected chi connectivity index (χ1v) is 5.18. The Kier molecular flexibility index (Phi) is 3.18. The summed E-state index contributed by atoms with van der Waals surface area (Å²) in [6.45, 7) is 0. The third-order valence-corrected chi connectivity index (χ3v) is 2.50. The second-order valence-electron chi connectivity index (χ2n) is 3.55. The Morgan fingerprint density at radius 1 is 1.06 bits per heavy atom. The summed E-state index contributed by atoms with van der Waals surface area (Å²) in [5.74, 6) is 5.18. The van der Waals surface area contributed by atoms with E-state index in [-0.39, 0.29) is 0 Å². The molecule has 0 aliphatic rings. The molecule has 0 spiro atoms. The molecule has 0 fully saturated rings. The fourth-order valence-corrected chi connectivity index (χ4v) is 1.68. The van der Waals surface area contributed by atoms with E-state index in [2.05, 4.69) is 11.2 Å². The standard InChI is InChI=1S/C14H11N3/c15-9-11-5-7-12(8-6-11)14-4-2-1-3-13(14)10-17-16/h1-8,10H,16H2. The molecule has 0 bridgehead atoms. The van der Waals surface area contributed by atoms with Gasteiger partial charge in [0, 0.05) is 5.56 Å². The quantitative estimate of drug-likeness (QED) is 0.481. The zero-order valence-electron chi connectivity index (χ0n) is 9.17. The highest BCUT2D eigenvalue weighted by molar-refractivity contribution is 5.90. The van der Waals surface area contributed by atoms with Gasteiger partial charge < -0.3 is 5.84 Å². The first-order chi connectivity index (χ1) is 8.35. The number of rotatable bonds is 2. The summed E-state index contributed by atoms with van der Waals surface area (Å²) >= 11 is 0.